The standard InChI is InChI=1S/C19H18N4O5/c1-11-6-7-16(12(2)8-11)22-17(24)10-15(19(22)26)20-21-18(25)13-4-3-5-14(9-13)23(27)28/h3-9,15,20H,10H2,1-2H3,(H,21,25)/t15-/m0/s1. The Hall–Kier alpha value is -3.59. The molecule has 1 fully saturated rings. The van der Waals surface area contributed by atoms with Crippen LogP contribution in [0.4, 0.5) is 11.4 Å². The van der Waals surface area contributed by atoms with Crippen molar-refractivity contribution in [2.75, 3.05) is 4.90 Å². The number of nitro groups is 1. The summed E-state index contributed by atoms with van der Waals surface area (Å²) in [6, 6.07) is 9.67. The highest BCUT2D eigenvalue weighted by atomic mass is 16.6. The lowest BCUT2D eigenvalue weighted by atomic mass is 10.1. The summed E-state index contributed by atoms with van der Waals surface area (Å²) in [5.41, 5.74) is 7.06. The van der Waals surface area contributed by atoms with E-state index in [0.717, 1.165) is 22.1 Å². The van der Waals surface area contributed by atoms with Crippen molar-refractivity contribution in [3.8, 4) is 0 Å². The zero-order valence-corrected chi connectivity index (χ0v) is 15.3. The molecule has 1 atom stereocenters. The molecule has 2 N–H and O–H groups in total. The van der Waals surface area contributed by atoms with Crippen molar-refractivity contribution in [1.29, 1.82) is 0 Å². The topological polar surface area (TPSA) is 122 Å². The van der Waals surface area contributed by atoms with Gasteiger partial charge in [0, 0.05) is 17.7 Å². The van der Waals surface area contributed by atoms with Crippen LogP contribution in [0.25, 0.3) is 0 Å². The van der Waals surface area contributed by atoms with E-state index in [4.69, 9.17) is 0 Å². The number of hydrogen-bond acceptors (Lipinski definition) is 6. The van der Waals surface area contributed by atoms with Crippen molar-refractivity contribution in [1.82, 2.24) is 10.9 Å². The van der Waals surface area contributed by atoms with Crippen molar-refractivity contribution in [2.24, 2.45) is 0 Å². The van der Waals surface area contributed by atoms with Crippen LogP contribution in [0.3, 0.4) is 0 Å². The molecule has 0 aromatic heterocycles. The quantitative estimate of drug-likeness (QED) is 0.462. The Bertz CT molecular complexity index is 988. The minimum atomic E-state index is -0.921. The van der Waals surface area contributed by atoms with Crippen LogP contribution >= 0.6 is 0 Å². The number of amides is 3. The first-order valence-corrected chi connectivity index (χ1v) is 8.52. The summed E-state index contributed by atoms with van der Waals surface area (Å²) in [4.78, 5) is 48.5. The molecule has 144 valence electrons. The summed E-state index contributed by atoms with van der Waals surface area (Å²) in [6.45, 7) is 3.73. The maximum atomic E-state index is 12.6. The van der Waals surface area contributed by atoms with E-state index in [2.05, 4.69) is 10.9 Å². The van der Waals surface area contributed by atoms with E-state index in [9.17, 15) is 24.5 Å². The van der Waals surface area contributed by atoms with Gasteiger partial charge >= 0.3 is 0 Å². The van der Waals surface area contributed by atoms with Gasteiger partial charge in [0.05, 0.1) is 17.0 Å². The molecule has 1 saturated heterocycles. The van der Waals surface area contributed by atoms with Gasteiger partial charge in [-0.3, -0.25) is 29.9 Å². The first-order chi connectivity index (χ1) is 13.3. The summed E-state index contributed by atoms with van der Waals surface area (Å²) in [7, 11) is 0. The maximum absolute atomic E-state index is 12.6. The number of non-ortho nitro benzene ring substituents is 1. The predicted octanol–water partition coefficient (Wildman–Crippen LogP) is 1.78. The van der Waals surface area contributed by atoms with Gasteiger partial charge in [0.1, 0.15) is 6.04 Å². The fourth-order valence-corrected chi connectivity index (χ4v) is 3.04. The molecule has 9 heteroatoms. The number of rotatable bonds is 5. The highest BCUT2D eigenvalue weighted by molar-refractivity contribution is 6.22. The number of nitro benzene ring substituents is 1. The third kappa shape index (κ3) is 3.74. The van der Waals surface area contributed by atoms with Gasteiger partial charge < -0.3 is 0 Å². The summed E-state index contributed by atoms with van der Waals surface area (Å²) in [6.07, 6.45) is -0.110. The van der Waals surface area contributed by atoms with E-state index < -0.39 is 22.8 Å². The van der Waals surface area contributed by atoms with Gasteiger partial charge in [-0.1, -0.05) is 23.8 Å². The molecule has 0 spiro atoms. The Balaban J connectivity index is 1.70. The average Bonchev–Trinajstić information content (AvgIpc) is 2.93. The first-order valence-electron chi connectivity index (χ1n) is 8.52. The Morgan fingerprint density at radius 2 is 1.93 bits per heavy atom. The Labute approximate surface area is 160 Å². The van der Waals surface area contributed by atoms with Crippen LogP contribution in [0.15, 0.2) is 42.5 Å². The monoisotopic (exact) mass is 382 g/mol. The number of imide groups is 1. The third-order valence-electron chi connectivity index (χ3n) is 4.42. The van der Waals surface area contributed by atoms with E-state index in [1.165, 1.54) is 18.2 Å². The SMILES string of the molecule is Cc1ccc(N2C(=O)C[C@H](NNC(=O)c3cccc([N+](=O)[O-])c3)C2=O)c(C)c1. The number of anilines is 1. The number of nitrogens with zero attached hydrogens (tertiary/aromatic N) is 2. The molecule has 1 heterocycles. The van der Waals surface area contributed by atoms with Crippen molar-refractivity contribution < 1.29 is 19.3 Å². The second-order valence-electron chi connectivity index (χ2n) is 6.52. The molecule has 28 heavy (non-hydrogen) atoms. The first kappa shape index (κ1) is 19.2. The molecular formula is C19H18N4O5. The summed E-state index contributed by atoms with van der Waals surface area (Å²) in [5, 5.41) is 10.8. The maximum Gasteiger partial charge on any atom is 0.270 e. The number of hydrazine groups is 1. The van der Waals surface area contributed by atoms with Crippen LogP contribution < -0.4 is 15.8 Å². The molecule has 1 aliphatic heterocycles. The van der Waals surface area contributed by atoms with E-state index in [0.29, 0.717) is 5.69 Å². The van der Waals surface area contributed by atoms with Crippen LogP contribution in [0.1, 0.15) is 27.9 Å². The molecule has 9 nitrogen and oxygen atoms in total. The van der Waals surface area contributed by atoms with E-state index in [-0.39, 0.29) is 23.6 Å². The highest BCUT2D eigenvalue weighted by Gasteiger charge is 2.40. The molecule has 0 unspecified atom stereocenters. The Kier molecular flexibility index (Phi) is 5.18. The molecule has 0 saturated carbocycles. The second kappa shape index (κ2) is 7.57. The van der Waals surface area contributed by atoms with Crippen LogP contribution in [-0.4, -0.2) is 28.7 Å². The second-order valence-corrected chi connectivity index (χ2v) is 6.52. The lowest BCUT2D eigenvalue weighted by Gasteiger charge is -2.18. The number of aryl methyl sites for hydroxylation is 2. The average molecular weight is 382 g/mol. The van der Waals surface area contributed by atoms with Gasteiger partial charge in [-0.15, -0.1) is 0 Å². The van der Waals surface area contributed by atoms with E-state index in [1.807, 2.05) is 26.0 Å². The molecule has 0 aliphatic carbocycles. The van der Waals surface area contributed by atoms with Crippen LogP contribution in [0, 0.1) is 24.0 Å². The zero-order chi connectivity index (χ0) is 20.4. The molecule has 2 aromatic carbocycles. The van der Waals surface area contributed by atoms with Gasteiger partial charge in [0.25, 0.3) is 17.5 Å². The lowest BCUT2D eigenvalue weighted by molar-refractivity contribution is -0.384. The normalized spacial score (nSPS) is 16.4. The summed E-state index contributed by atoms with van der Waals surface area (Å²) >= 11 is 0. The van der Waals surface area contributed by atoms with E-state index in [1.54, 1.807) is 6.07 Å². The van der Waals surface area contributed by atoms with Crippen LogP contribution in [0.5, 0.6) is 0 Å². The molecule has 2 aromatic rings. The van der Waals surface area contributed by atoms with Crippen molar-refractivity contribution in [3.63, 3.8) is 0 Å². The molecule has 3 amide bonds. The smallest absolute Gasteiger partial charge is 0.270 e. The van der Waals surface area contributed by atoms with Gasteiger partial charge in [-0.25, -0.2) is 10.3 Å². The van der Waals surface area contributed by atoms with E-state index >= 15 is 0 Å². The highest BCUT2D eigenvalue weighted by Crippen LogP contribution is 2.26. The van der Waals surface area contributed by atoms with Gasteiger partial charge in [-0.2, -0.15) is 0 Å². The predicted molar refractivity (Wildman–Crippen MR) is 101 cm³/mol. The molecule has 0 bridgehead atoms. The Morgan fingerprint density at radius 1 is 1.18 bits per heavy atom. The van der Waals surface area contributed by atoms with Crippen molar-refractivity contribution in [3.05, 3.63) is 69.3 Å². The Morgan fingerprint density at radius 3 is 2.61 bits per heavy atom. The summed E-state index contributed by atoms with van der Waals surface area (Å²) < 4.78 is 0. The molecular weight excluding hydrogens is 364 g/mol. The number of carbonyl (C=O) groups is 3. The fourth-order valence-electron chi connectivity index (χ4n) is 3.04. The zero-order valence-electron chi connectivity index (χ0n) is 15.3. The molecule has 3 rings (SSSR count). The number of carbonyl (C=O) groups excluding carboxylic acids is 3. The summed E-state index contributed by atoms with van der Waals surface area (Å²) in [5.74, 6) is -1.50. The lowest BCUT2D eigenvalue weighted by Crippen LogP contribution is -2.48. The van der Waals surface area contributed by atoms with Gasteiger partial charge in [-0.05, 0) is 31.5 Å². The fraction of sp³-hybridized carbons (Fsp3) is 0.211. The molecule has 1 aliphatic rings. The number of hydrogen-bond donors (Lipinski definition) is 2. The van der Waals surface area contributed by atoms with Crippen molar-refractivity contribution >= 4 is 29.1 Å². The van der Waals surface area contributed by atoms with Gasteiger partial charge in [0.2, 0.25) is 5.91 Å². The van der Waals surface area contributed by atoms with Gasteiger partial charge in [0.15, 0.2) is 0 Å². The number of nitrogens with one attached hydrogen (secondary N) is 2. The van der Waals surface area contributed by atoms with Crippen LogP contribution in [-0.2, 0) is 9.59 Å². The number of benzene rings is 2. The van der Waals surface area contributed by atoms with Crippen LogP contribution in [0.2, 0.25) is 0 Å². The molecule has 0 radical (unpaired) electrons. The largest absolute Gasteiger partial charge is 0.287 e. The third-order valence-corrected chi connectivity index (χ3v) is 4.42. The minimum absolute atomic E-state index is 0.0599. The van der Waals surface area contributed by atoms with Crippen molar-refractivity contribution in [2.45, 2.75) is 26.3 Å². The minimum Gasteiger partial charge on any atom is -0.287 e.